The Morgan fingerprint density at radius 1 is 1.24 bits per heavy atom. The second-order valence-electron chi connectivity index (χ2n) is 4.28. The number of nitrogens with zero attached hydrogens (tertiary/aromatic N) is 2. The van der Waals surface area contributed by atoms with E-state index >= 15 is 0 Å². The number of halogens is 2. The number of aryl methyl sites for hydroxylation is 1. The number of hydrogen-bond donors (Lipinski definition) is 2. The van der Waals surface area contributed by atoms with Crippen molar-refractivity contribution in [2.45, 2.75) is 18.4 Å². The molecule has 0 aliphatic carbocycles. The predicted octanol–water partition coefficient (Wildman–Crippen LogP) is 2.15. The lowest BCUT2D eigenvalue weighted by Crippen LogP contribution is -2.25. The zero-order valence-electron chi connectivity index (χ0n) is 11.0. The summed E-state index contributed by atoms with van der Waals surface area (Å²) in [6.07, 6.45) is 3.04. The average Bonchev–Trinajstić information content (AvgIpc) is 2.36. The second kappa shape index (κ2) is 6.15. The summed E-state index contributed by atoms with van der Waals surface area (Å²) in [5.41, 5.74) is 6.88. The Morgan fingerprint density at radius 3 is 2.52 bits per heavy atom. The van der Waals surface area contributed by atoms with Crippen LogP contribution in [0.4, 0.5) is 5.69 Å². The first-order valence-corrected chi connectivity index (χ1v) is 8.05. The fourth-order valence-electron chi connectivity index (χ4n) is 1.62. The third-order valence-electron chi connectivity index (χ3n) is 2.58. The molecule has 0 atom stereocenters. The summed E-state index contributed by atoms with van der Waals surface area (Å²) in [4.78, 5) is 7.89. The van der Waals surface area contributed by atoms with E-state index in [1.165, 1.54) is 18.3 Å². The number of benzene rings is 1. The van der Waals surface area contributed by atoms with Gasteiger partial charge in [-0.15, -0.1) is 0 Å². The molecule has 1 heterocycles. The van der Waals surface area contributed by atoms with Gasteiger partial charge in [0, 0.05) is 11.2 Å². The summed E-state index contributed by atoms with van der Waals surface area (Å²) < 4.78 is 26.9. The van der Waals surface area contributed by atoms with Gasteiger partial charge in [0.25, 0.3) is 0 Å². The third-order valence-corrected chi connectivity index (χ3v) is 4.73. The molecule has 1 aromatic carbocycles. The molecule has 0 aliphatic rings. The standard InChI is InChI=1S/C12H12Cl2N4O2S/c1-7-4-17-9(5-16-7)6-18-21(19,20)12-10(14)2-8(13)3-11(12)15/h2-5,18H,6,15H2,1H3. The molecule has 21 heavy (non-hydrogen) atoms. The second-order valence-corrected chi connectivity index (χ2v) is 6.83. The van der Waals surface area contributed by atoms with Crippen molar-refractivity contribution >= 4 is 38.9 Å². The molecule has 112 valence electrons. The van der Waals surface area contributed by atoms with Crippen LogP contribution in [0, 0.1) is 6.92 Å². The Kier molecular flexibility index (Phi) is 4.67. The molecule has 0 amide bonds. The maximum atomic E-state index is 12.3. The Morgan fingerprint density at radius 2 is 1.95 bits per heavy atom. The van der Waals surface area contributed by atoms with Crippen LogP contribution in [0.1, 0.15) is 11.4 Å². The first-order chi connectivity index (χ1) is 9.79. The first kappa shape index (κ1) is 16.0. The summed E-state index contributed by atoms with van der Waals surface area (Å²) in [5.74, 6) is 0. The lowest BCUT2D eigenvalue weighted by Gasteiger charge is -2.11. The fourth-order valence-corrected chi connectivity index (χ4v) is 3.60. The largest absolute Gasteiger partial charge is 0.398 e. The van der Waals surface area contributed by atoms with Gasteiger partial charge in [-0.1, -0.05) is 23.2 Å². The van der Waals surface area contributed by atoms with Gasteiger partial charge in [0.15, 0.2) is 0 Å². The number of anilines is 1. The predicted molar refractivity (Wildman–Crippen MR) is 81.7 cm³/mol. The lowest BCUT2D eigenvalue weighted by atomic mass is 10.3. The van der Waals surface area contributed by atoms with Crippen LogP contribution in [0.2, 0.25) is 10.0 Å². The minimum absolute atomic E-state index is 0.0185. The van der Waals surface area contributed by atoms with Gasteiger partial charge >= 0.3 is 0 Å². The molecule has 6 nitrogen and oxygen atoms in total. The van der Waals surface area contributed by atoms with Crippen molar-refractivity contribution in [3.8, 4) is 0 Å². The molecule has 0 spiro atoms. The molecule has 0 unspecified atom stereocenters. The highest BCUT2D eigenvalue weighted by Crippen LogP contribution is 2.30. The molecule has 1 aromatic heterocycles. The summed E-state index contributed by atoms with van der Waals surface area (Å²) in [7, 11) is -3.88. The van der Waals surface area contributed by atoms with Gasteiger partial charge < -0.3 is 5.73 Å². The summed E-state index contributed by atoms with van der Waals surface area (Å²) >= 11 is 11.7. The summed E-state index contributed by atoms with van der Waals surface area (Å²) in [5, 5.41) is 0.225. The number of nitrogens with one attached hydrogen (secondary N) is 1. The van der Waals surface area contributed by atoms with E-state index in [1.807, 2.05) is 0 Å². The van der Waals surface area contributed by atoms with Crippen LogP contribution in [0.25, 0.3) is 0 Å². The quantitative estimate of drug-likeness (QED) is 0.826. The number of nitrogen functional groups attached to an aromatic ring is 1. The van der Waals surface area contributed by atoms with Crippen LogP contribution in [-0.4, -0.2) is 18.4 Å². The highest BCUT2D eigenvalue weighted by atomic mass is 35.5. The van der Waals surface area contributed by atoms with E-state index in [0.717, 1.165) is 5.69 Å². The van der Waals surface area contributed by atoms with Crippen LogP contribution in [0.5, 0.6) is 0 Å². The van der Waals surface area contributed by atoms with Crippen molar-refractivity contribution < 1.29 is 8.42 Å². The zero-order valence-corrected chi connectivity index (χ0v) is 13.3. The maximum absolute atomic E-state index is 12.3. The minimum Gasteiger partial charge on any atom is -0.398 e. The normalized spacial score (nSPS) is 11.6. The molecule has 9 heteroatoms. The van der Waals surface area contributed by atoms with Crippen LogP contribution in [0.15, 0.2) is 29.4 Å². The van der Waals surface area contributed by atoms with Gasteiger partial charge in [-0.25, -0.2) is 13.1 Å². The van der Waals surface area contributed by atoms with Crippen molar-refractivity contribution in [3.63, 3.8) is 0 Å². The third kappa shape index (κ3) is 3.82. The van der Waals surface area contributed by atoms with Gasteiger partial charge in [-0.2, -0.15) is 0 Å². The average molecular weight is 347 g/mol. The number of sulfonamides is 1. The van der Waals surface area contributed by atoms with Gasteiger partial charge in [0.2, 0.25) is 10.0 Å². The van der Waals surface area contributed by atoms with E-state index < -0.39 is 10.0 Å². The molecule has 0 aliphatic heterocycles. The first-order valence-electron chi connectivity index (χ1n) is 5.81. The molecule has 0 bridgehead atoms. The Labute approximate surface area is 132 Å². The number of aromatic nitrogens is 2. The Balaban J connectivity index is 2.25. The van der Waals surface area contributed by atoms with E-state index in [0.29, 0.717) is 5.69 Å². The molecule has 3 N–H and O–H groups in total. The highest BCUT2D eigenvalue weighted by molar-refractivity contribution is 7.89. The zero-order chi connectivity index (χ0) is 15.6. The van der Waals surface area contributed by atoms with E-state index in [1.54, 1.807) is 13.1 Å². The van der Waals surface area contributed by atoms with Crippen molar-refractivity contribution in [1.82, 2.24) is 14.7 Å². The number of nitrogens with two attached hydrogens (primary N) is 1. The fraction of sp³-hybridized carbons (Fsp3) is 0.167. The SMILES string of the molecule is Cc1cnc(CNS(=O)(=O)c2c(N)cc(Cl)cc2Cl)cn1. The van der Waals surface area contributed by atoms with Crippen LogP contribution in [-0.2, 0) is 16.6 Å². The van der Waals surface area contributed by atoms with E-state index in [2.05, 4.69) is 14.7 Å². The van der Waals surface area contributed by atoms with Gasteiger partial charge in [-0.3, -0.25) is 9.97 Å². The maximum Gasteiger partial charge on any atom is 0.244 e. The van der Waals surface area contributed by atoms with Gasteiger partial charge in [-0.05, 0) is 19.1 Å². The van der Waals surface area contributed by atoms with Crippen molar-refractivity contribution in [2.75, 3.05) is 5.73 Å². The molecule has 0 fully saturated rings. The topological polar surface area (TPSA) is 98.0 Å². The number of hydrogen-bond acceptors (Lipinski definition) is 5. The molecule has 0 saturated carbocycles. The minimum atomic E-state index is -3.88. The van der Waals surface area contributed by atoms with E-state index in [4.69, 9.17) is 28.9 Å². The van der Waals surface area contributed by atoms with Crippen molar-refractivity contribution in [1.29, 1.82) is 0 Å². The van der Waals surface area contributed by atoms with E-state index in [9.17, 15) is 8.42 Å². The van der Waals surface area contributed by atoms with Gasteiger partial charge in [0.1, 0.15) is 4.90 Å². The van der Waals surface area contributed by atoms with Crippen molar-refractivity contribution in [2.24, 2.45) is 0 Å². The summed E-state index contributed by atoms with van der Waals surface area (Å²) in [6, 6.07) is 2.65. The monoisotopic (exact) mass is 346 g/mol. The number of rotatable bonds is 4. The van der Waals surface area contributed by atoms with E-state index in [-0.39, 0.29) is 27.2 Å². The lowest BCUT2D eigenvalue weighted by molar-refractivity contribution is 0.580. The Hall–Kier alpha value is -1.41. The van der Waals surface area contributed by atoms with Crippen molar-refractivity contribution in [3.05, 3.63) is 46.0 Å². The molecular weight excluding hydrogens is 335 g/mol. The summed E-state index contributed by atoms with van der Waals surface area (Å²) in [6.45, 7) is 1.77. The van der Waals surface area contributed by atoms with Gasteiger partial charge in [0.05, 0.1) is 34.8 Å². The van der Waals surface area contributed by atoms with Crippen LogP contribution >= 0.6 is 23.2 Å². The molecule has 0 saturated heterocycles. The molecular formula is C12H12Cl2N4O2S. The van der Waals surface area contributed by atoms with Crippen LogP contribution < -0.4 is 10.5 Å². The molecule has 2 aromatic rings. The molecule has 0 radical (unpaired) electrons. The Bertz CT molecular complexity index is 740. The highest BCUT2D eigenvalue weighted by Gasteiger charge is 2.22. The molecule has 2 rings (SSSR count). The van der Waals surface area contributed by atoms with Crippen LogP contribution in [0.3, 0.4) is 0 Å². The smallest absolute Gasteiger partial charge is 0.244 e.